The normalized spacial score (nSPS) is 14.5. The molecule has 0 aliphatic carbocycles. The summed E-state index contributed by atoms with van der Waals surface area (Å²) < 4.78 is 5.93. The molecule has 3 rings (SSSR count). The smallest absolute Gasteiger partial charge is 0.273 e. The fourth-order valence-corrected chi connectivity index (χ4v) is 3.47. The van der Waals surface area contributed by atoms with Crippen molar-refractivity contribution in [3.8, 4) is 5.75 Å². The van der Waals surface area contributed by atoms with Gasteiger partial charge in [-0.3, -0.25) is 4.79 Å². The Balaban J connectivity index is 1.64. The van der Waals surface area contributed by atoms with Crippen molar-refractivity contribution < 1.29 is 9.53 Å². The molecule has 0 unspecified atom stereocenters. The molecule has 0 radical (unpaired) electrons. The van der Waals surface area contributed by atoms with E-state index in [9.17, 15) is 4.79 Å². The third-order valence-corrected chi connectivity index (χ3v) is 4.88. The highest BCUT2D eigenvalue weighted by Crippen LogP contribution is 2.27. The molecule has 1 aliphatic heterocycles. The molecule has 0 atom stereocenters. The number of ether oxygens (including phenoxy) is 1. The molecule has 122 valence electrons. The van der Waals surface area contributed by atoms with Crippen LogP contribution in [0.5, 0.6) is 5.75 Å². The van der Waals surface area contributed by atoms with Crippen LogP contribution in [0.3, 0.4) is 0 Å². The molecule has 0 saturated carbocycles. The van der Waals surface area contributed by atoms with Crippen molar-refractivity contribution in [3.05, 3.63) is 45.9 Å². The van der Waals surface area contributed by atoms with E-state index in [4.69, 9.17) is 4.74 Å². The first-order chi connectivity index (χ1) is 11.1. The lowest BCUT2D eigenvalue weighted by molar-refractivity contribution is 0.0787. The largest absolute Gasteiger partial charge is 0.486 e. The van der Waals surface area contributed by atoms with Crippen LogP contribution in [0, 0.1) is 0 Å². The Bertz CT molecular complexity index is 675. The number of carbonyl (C=O) groups is 1. The number of para-hydroxylation sites is 1. The van der Waals surface area contributed by atoms with E-state index in [0.29, 0.717) is 18.2 Å². The van der Waals surface area contributed by atoms with Crippen LogP contribution in [0.25, 0.3) is 0 Å². The molecular weight excluding hydrogens is 308 g/mol. The van der Waals surface area contributed by atoms with Crippen LogP contribution in [0.4, 0.5) is 0 Å². The minimum absolute atomic E-state index is 0.0487. The second-order valence-electron chi connectivity index (χ2n) is 6.11. The Kier molecular flexibility index (Phi) is 4.96. The van der Waals surface area contributed by atoms with Gasteiger partial charge in [0.05, 0.1) is 0 Å². The number of likely N-dealkylation sites (tertiary alicyclic amines) is 1. The third kappa shape index (κ3) is 3.72. The van der Waals surface area contributed by atoms with Crippen LogP contribution in [0.2, 0.25) is 0 Å². The van der Waals surface area contributed by atoms with Crippen molar-refractivity contribution in [2.24, 2.45) is 0 Å². The van der Waals surface area contributed by atoms with Gasteiger partial charge in [-0.25, -0.2) is 4.98 Å². The lowest BCUT2D eigenvalue weighted by atomic mass is 10.0. The maximum Gasteiger partial charge on any atom is 0.273 e. The zero-order chi connectivity index (χ0) is 16.2. The Morgan fingerprint density at radius 3 is 2.78 bits per heavy atom. The standard InChI is InChI=1S/C18H22N2O2S/c1-13(2)14-7-3-4-8-16(14)22-11-17-19-15(12-23-17)18(21)20-9-5-6-10-20/h3-4,7-8,12-13H,5-6,9-11H2,1-2H3. The topological polar surface area (TPSA) is 42.4 Å². The van der Waals surface area contributed by atoms with Gasteiger partial charge in [-0.1, -0.05) is 32.0 Å². The molecule has 4 nitrogen and oxygen atoms in total. The molecule has 1 saturated heterocycles. The minimum atomic E-state index is 0.0487. The molecule has 2 heterocycles. The third-order valence-electron chi connectivity index (χ3n) is 4.06. The van der Waals surface area contributed by atoms with Gasteiger partial charge >= 0.3 is 0 Å². The number of hydrogen-bond acceptors (Lipinski definition) is 4. The molecule has 23 heavy (non-hydrogen) atoms. The van der Waals surface area contributed by atoms with Gasteiger partial charge in [0.1, 0.15) is 23.1 Å². The summed E-state index contributed by atoms with van der Waals surface area (Å²) in [5, 5.41) is 2.68. The molecule has 2 aromatic rings. The number of nitrogens with zero attached hydrogens (tertiary/aromatic N) is 2. The summed E-state index contributed by atoms with van der Waals surface area (Å²) >= 11 is 1.49. The van der Waals surface area contributed by atoms with E-state index < -0.39 is 0 Å². The molecule has 0 N–H and O–H groups in total. The number of amides is 1. The van der Waals surface area contributed by atoms with E-state index in [0.717, 1.165) is 36.7 Å². The van der Waals surface area contributed by atoms with Crippen LogP contribution in [-0.2, 0) is 6.61 Å². The Morgan fingerprint density at radius 1 is 1.30 bits per heavy atom. The summed E-state index contributed by atoms with van der Waals surface area (Å²) in [6, 6.07) is 8.08. The molecular formula is C18H22N2O2S. The van der Waals surface area contributed by atoms with Crippen molar-refractivity contribution in [3.63, 3.8) is 0 Å². The predicted molar refractivity (Wildman–Crippen MR) is 92.1 cm³/mol. The molecule has 5 heteroatoms. The maximum atomic E-state index is 12.3. The number of carbonyl (C=O) groups excluding carboxylic acids is 1. The first-order valence-electron chi connectivity index (χ1n) is 8.10. The van der Waals surface area contributed by atoms with Gasteiger partial charge in [0, 0.05) is 18.5 Å². The quantitative estimate of drug-likeness (QED) is 0.829. The molecule has 1 aliphatic rings. The first kappa shape index (κ1) is 16.0. The number of hydrogen-bond donors (Lipinski definition) is 0. The average molecular weight is 330 g/mol. The average Bonchev–Trinajstić information content (AvgIpc) is 3.24. The Morgan fingerprint density at radius 2 is 2.04 bits per heavy atom. The molecule has 1 fully saturated rings. The second-order valence-corrected chi connectivity index (χ2v) is 7.05. The highest BCUT2D eigenvalue weighted by atomic mass is 32.1. The Hall–Kier alpha value is -1.88. The maximum absolute atomic E-state index is 12.3. The van der Waals surface area contributed by atoms with Crippen LogP contribution in [0.1, 0.15) is 53.7 Å². The summed E-state index contributed by atoms with van der Waals surface area (Å²) in [5.41, 5.74) is 1.74. The van der Waals surface area contributed by atoms with Crippen molar-refractivity contribution >= 4 is 17.2 Å². The van der Waals surface area contributed by atoms with Gasteiger partial charge in [-0.05, 0) is 30.4 Å². The lowest BCUT2D eigenvalue weighted by Crippen LogP contribution is -2.27. The number of rotatable bonds is 5. The summed E-state index contributed by atoms with van der Waals surface area (Å²) in [5.74, 6) is 1.35. The number of benzene rings is 1. The van der Waals surface area contributed by atoms with Gasteiger partial charge < -0.3 is 9.64 Å². The van der Waals surface area contributed by atoms with Gasteiger partial charge in [-0.2, -0.15) is 0 Å². The van der Waals surface area contributed by atoms with Gasteiger partial charge in [0.25, 0.3) is 5.91 Å². The van der Waals surface area contributed by atoms with E-state index in [1.54, 1.807) is 0 Å². The van der Waals surface area contributed by atoms with E-state index in [2.05, 4.69) is 24.9 Å². The fourth-order valence-electron chi connectivity index (χ4n) is 2.79. The summed E-state index contributed by atoms with van der Waals surface area (Å²) in [6.45, 7) is 6.41. The van der Waals surface area contributed by atoms with Crippen molar-refractivity contribution in [1.29, 1.82) is 0 Å². The minimum Gasteiger partial charge on any atom is -0.486 e. The van der Waals surface area contributed by atoms with E-state index >= 15 is 0 Å². The molecule has 1 amide bonds. The van der Waals surface area contributed by atoms with Crippen LogP contribution in [0.15, 0.2) is 29.6 Å². The number of aromatic nitrogens is 1. The first-order valence-corrected chi connectivity index (χ1v) is 8.98. The van der Waals surface area contributed by atoms with E-state index in [1.165, 1.54) is 16.9 Å². The molecule has 0 bridgehead atoms. The highest BCUT2D eigenvalue weighted by molar-refractivity contribution is 7.09. The summed E-state index contributed by atoms with van der Waals surface area (Å²) in [7, 11) is 0. The monoisotopic (exact) mass is 330 g/mol. The summed E-state index contributed by atoms with van der Waals surface area (Å²) in [4.78, 5) is 18.6. The molecule has 1 aromatic heterocycles. The van der Waals surface area contributed by atoms with E-state index in [-0.39, 0.29) is 5.91 Å². The van der Waals surface area contributed by atoms with Crippen LogP contribution < -0.4 is 4.74 Å². The zero-order valence-electron chi connectivity index (χ0n) is 13.6. The van der Waals surface area contributed by atoms with E-state index in [1.807, 2.05) is 28.5 Å². The lowest BCUT2D eigenvalue weighted by Gasteiger charge is -2.13. The van der Waals surface area contributed by atoms with Gasteiger partial charge in [0.15, 0.2) is 0 Å². The highest BCUT2D eigenvalue weighted by Gasteiger charge is 2.21. The predicted octanol–water partition coefficient (Wildman–Crippen LogP) is 4.08. The second kappa shape index (κ2) is 7.13. The van der Waals surface area contributed by atoms with Crippen LogP contribution >= 0.6 is 11.3 Å². The van der Waals surface area contributed by atoms with Crippen LogP contribution in [-0.4, -0.2) is 28.9 Å². The van der Waals surface area contributed by atoms with Crippen molar-refractivity contribution in [2.45, 2.75) is 39.2 Å². The van der Waals surface area contributed by atoms with Crippen molar-refractivity contribution in [2.75, 3.05) is 13.1 Å². The number of thiazole rings is 1. The SMILES string of the molecule is CC(C)c1ccccc1OCc1nc(C(=O)N2CCCC2)cs1. The zero-order valence-corrected chi connectivity index (χ0v) is 14.4. The molecule has 1 aromatic carbocycles. The summed E-state index contributed by atoms with van der Waals surface area (Å²) in [6.07, 6.45) is 2.19. The fraction of sp³-hybridized carbons (Fsp3) is 0.444. The van der Waals surface area contributed by atoms with Crippen molar-refractivity contribution in [1.82, 2.24) is 9.88 Å². The van der Waals surface area contributed by atoms with Gasteiger partial charge in [-0.15, -0.1) is 11.3 Å². The Labute approximate surface area is 141 Å². The van der Waals surface area contributed by atoms with Gasteiger partial charge in [0.2, 0.25) is 0 Å². The molecule has 0 spiro atoms.